The number of aliphatic hydroxyl groups excluding tert-OH is 1. The quantitative estimate of drug-likeness (QED) is 0.645. The van der Waals surface area contributed by atoms with Crippen LogP contribution < -0.4 is 0 Å². The van der Waals surface area contributed by atoms with Gasteiger partial charge in [-0.15, -0.1) is 0 Å². The lowest BCUT2D eigenvalue weighted by atomic mass is 9.57. The lowest BCUT2D eigenvalue weighted by Gasteiger charge is -2.52. The van der Waals surface area contributed by atoms with Gasteiger partial charge in [0.25, 0.3) is 0 Å². The van der Waals surface area contributed by atoms with Gasteiger partial charge in [0.05, 0.1) is 19.3 Å². The highest BCUT2D eigenvalue weighted by Gasteiger charge is 2.89. The van der Waals surface area contributed by atoms with Crippen LogP contribution in [0.5, 0.6) is 0 Å². The van der Waals surface area contributed by atoms with Gasteiger partial charge in [-0.05, 0) is 41.9 Å². The van der Waals surface area contributed by atoms with Gasteiger partial charge in [0, 0.05) is 11.8 Å². The Morgan fingerprint density at radius 3 is 2.50 bits per heavy atom. The molecule has 3 heteroatoms. The van der Waals surface area contributed by atoms with Gasteiger partial charge in [-0.1, -0.05) is 0 Å². The fourth-order valence-electron chi connectivity index (χ4n) is 7.27. The van der Waals surface area contributed by atoms with Crippen LogP contribution in [-0.4, -0.2) is 30.2 Å². The van der Waals surface area contributed by atoms with Crippen LogP contribution in [0.1, 0.15) is 6.42 Å². The molecular formula is C13H16O3. The molecule has 0 radical (unpaired) electrons. The van der Waals surface area contributed by atoms with Crippen molar-refractivity contribution in [1.82, 2.24) is 0 Å². The van der Waals surface area contributed by atoms with E-state index in [4.69, 9.17) is 9.47 Å². The van der Waals surface area contributed by atoms with Crippen LogP contribution >= 0.6 is 0 Å². The maximum atomic E-state index is 10.4. The Hall–Kier alpha value is -0.120. The molecule has 0 aromatic heterocycles. The summed E-state index contributed by atoms with van der Waals surface area (Å²) in [5.41, 5.74) is 0. The summed E-state index contributed by atoms with van der Waals surface area (Å²) in [6.07, 6.45) is 1.34. The molecule has 1 aliphatic heterocycles. The van der Waals surface area contributed by atoms with E-state index in [2.05, 4.69) is 0 Å². The minimum Gasteiger partial charge on any atom is -0.393 e. The van der Waals surface area contributed by atoms with Gasteiger partial charge in [-0.25, -0.2) is 0 Å². The molecule has 1 N–H and O–H groups in total. The molecule has 0 aromatic carbocycles. The van der Waals surface area contributed by atoms with Gasteiger partial charge < -0.3 is 14.6 Å². The third-order valence-corrected chi connectivity index (χ3v) is 7.08. The second kappa shape index (κ2) is 2.00. The Bertz CT molecular complexity index is 402. The second-order valence-corrected chi connectivity index (χ2v) is 6.83. The normalized spacial score (nSPS) is 74.4. The zero-order valence-electron chi connectivity index (χ0n) is 9.08. The van der Waals surface area contributed by atoms with Crippen LogP contribution in [0.4, 0.5) is 0 Å². The Kier molecular flexibility index (Phi) is 1.01. The second-order valence-electron chi connectivity index (χ2n) is 6.83. The van der Waals surface area contributed by atoms with Crippen LogP contribution in [0, 0.1) is 47.3 Å². The standard InChI is InChI=1S/C13H16O3/c14-12-8-4-3-5-7-6(4)9(12)11(7)13(10(5)8)15-1-2-16-13/h4-12,14H,1-3H2/t4-,5?,6-,7?,8+,9-,10-,11+,12+/m0/s1. The molecule has 5 aliphatic carbocycles. The lowest BCUT2D eigenvalue weighted by molar-refractivity contribution is -0.277. The van der Waals surface area contributed by atoms with Crippen LogP contribution in [-0.2, 0) is 9.47 Å². The minimum atomic E-state index is -0.231. The average molecular weight is 220 g/mol. The summed E-state index contributed by atoms with van der Waals surface area (Å²) in [5, 5.41) is 10.4. The summed E-state index contributed by atoms with van der Waals surface area (Å²) in [4.78, 5) is 0. The van der Waals surface area contributed by atoms with Crippen molar-refractivity contribution in [2.45, 2.75) is 18.3 Å². The molecule has 2 bridgehead atoms. The molecule has 5 saturated carbocycles. The third-order valence-electron chi connectivity index (χ3n) is 7.08. The summed E-state index contributed by atoms with van der Waals surface area (Å²) in [6, 6.07) is 0. The van der Waals surface area contributed by atoms with Crippen molar-refractivity contribution >= 4 is 0 Å². The van der Waals surface area contributed by atoms with Gasteiger partial charge in [0.2, 0.25) is 0 Å². The predicted molar refractivity (Wildman–Crippen MR) is 53.2 cm³/mol. The number of rotatable bonds is 0. The summed E-state index contributed by atoms with van der Waals surface area (Å²) < 4.78 is 12.2. The van der Waals surface area contributed by atoms with Crippen molar-refractivity contribution < 1.29 is 14.6 Å². The van der Waals surface area contributed by atoms with Crippen molar-refractivity contribution in [1.29, 1.82) is 0 Å². The Balaban J connectivity index is 1.64. The summed E-state index contributed by atoms with van der Waals surface area (Å²) >= 11 is 0. The van der Waals surface area contributed by atoms with Crippen LogP contribution in [0.3, 0.4) is 0 Å². The highest BCUT2D eigenvalue weighted by Crippen LogP contribution is 2.86. The number of fused-ring (bicyclic) bond motifs is 4. The molecule has 16 heavy (non-hydrogen) atoms. The fourth-order valence-corrected chi connectivity index (χ4v) is 7.27. The van der Waals surface area contributed by atoms with Crippen LogP contribution in [0.15, 0.2) is 0 Å². The SMILES string of the molecule is O[C@@H]1[C@@H]2[C@H]3CC4C5[C@H]3[C@H]1[C@@H]5C1(OCCO1)[C@@H]42. The zero-order valence-corrected chi connectivity index (χ0v) is 9.08. The van der Waals surface area contributed by atoms with E-state index in [-0.39, 0.29) is 11.9 Å². The maximum absolute atomic E-state index is 10.4. The predicted octanol–water partition coefficient (Wildman–Crippen LogP) is 0.478. The molecule has 86 valence electrons. The summed E-state index contributed by atoms with van der Waals surface area (Å²) in [6.45, 7) is 1.55. The van der Waals surface area contributed by atoms with Crippen molar-refractivity contribution in [3.8, 4) is 0 Å². The molecule has 1 spiro atoms. The van der Waals surface area contributed by atoms with Gasteiger partial charge in [-0.2, -0.15) is 0 Å². The minimum absolute atomic E-state index is 0.0211. The van der Waals surface area contributed by atoms with E-state index < -0.39 is 0 Å². The lowest BCUT2D eigenvalue weighted by Crippen LogP contribution is -2.59. The highest BCUT2D eigenvalue weighted by molar-refractivity contribution is 5.33. The first-order chi connectivity index (χ1) is 7.84. The molecule has 0 aromatic rings. The van der Waals surface area contributed by atoms with Gasteiger partial charge in [0.1, 0.15) is 0 Å². The average Bonchev–Trinajstić information content (AvgIpc) is 2.87. The maximum Gasteiger partial charge on any atom is 0.175 e. The third kappa shape index (κ3) is 0.485. The Labute approximate surface area is 94.1 Å². The molecule has 9 atom stereocenters. The number of aliphatic hydroxyl groups is 1. The Morgan fingerprint density at radius 2 is 1.69 bits per heavy atom. The molecule has 6 aliphatic rings. The van der Waals surface area contributed by atoms with Crippen molar-refractivity contribution in [3.05, 3.63) is 0 Å². The molecule has 0 amide bonds. The fraction of sp³-hybridized carbons (Fsp3) is 1.00. The van der Waals surface area contributed by atoms with E-state index >= 15 is 0 Å². The first-order valence-corrected chi connectivity index (χ1v) is 6.80. The summed E-state index contributed by atoms with van der Waals surface area (Å²) in [5.74, 6) is 5.26. The van der Waals surface area contributed by atoms with Crippen molar-refractivity contribution in [2.24, 2.45) is 47.3 Å². The molecule has 2 unspecified atom stereocenters. The number of hydrogen-bond acceptors (Lipinski definition) is 3. The highest BCUT2D eigenvalue weighted by atomic mass is 16.7. The van der Waals surface area contributed by atoms with Gasteiger partial charge in [0.15, 0.2) is 5.79 Å². The monoisotopic (exact) mass is 220 g/mol. The molecule has 6 rings (SSSR count). The Morgan fingerprint density at radius 1 is 0.875 bits per heavy atom. The van der Waals surface area contributed by atoms with E-state index in [1.165, 1.54) is 6.42 Å². The van der Waals surface area contributed by atoms with E-state index in [0.29, 0.717) is 23.7 Å². The smallest absolute Gasteiger partial charge is 0.175 e. The van der Waals surface area contributed by atoms with Gasteiger partial charge in [-0.3, -0.25) is 0 Å². The van der Waals surface area contributed by atoms with Crippen molar-refractivity contribution in [3.63, 3.8) is 0 Å². The largest absolute Gasteiger partial charge is 0.393 e. The first-order valence-electron chi connectivity index (χ1n) is 6.80. The molecule has 1 saturated heterocycles. The molecular weight excluding hydrogens is 204 g/mol. The molecule has 3 nitrogen and oxygen atoms in total. The topological polar surface area (TPSA) is 38.7 Å². The van der Waals surface area contributed by atoms with Crippen LogP contribution in [0.2, 0.25) is 0 Å². The number of ether oxygens (including phenoxy) is 2. The molecule has 6 fully saturated rings. The van der Waals surface area contributed by atoms with Gasteiger partial charge >= 0.3 is 0 Å². The van der Waals surface area contributed by atoms with E-state index in [0.717, 1.165) is 36.9 Å². The first kappa shape index (κ1) is 8.06. The van der Waals surface area contributed by atoms with Crippen molar-refractivity contribution in [2.75, 3.05) is 13.2 Å². The van der Waals surface area contributed by atoms with Crippen LogP contribution in [0.25, 0.3) is 0 Å². The molecule has 1 heterocycles. The van der Waals surface area contributed by atoms with E-state index in [1.54, 1.807) is 0 Å². The summed E-state index contributed by atoms with van der Waals surface area (Å²) in [7, 11) is 0. The van der Waals surface area contributed by atoms with E-state index in [1.807, 2.05) is 0 Å². The van der Waals surface area contributed by atoms with E-state index in [9.17, 15) is 5.11 Å². The number of hydrogen-bond donors (Lipinski definition) is 1. The zero-order chi connectivity index (χ0) is 10.2.